The molecule has 0 aliphatic heterocycles. The van der Waals surface area contributed by atoms with E-state index in [1.807, 2.05) is 0 Å². The molecule has 0 aromatic heterocycles. The van der Waals surface area contributed by atoms with E-state index in [2.05, 4.69) is 40.0 Å². The van der Waals surface area contributed by atoms with Crippen molar-refractivity contribution in [1.29, 1.82) is 0 Å². The van der Waals surface area contributed by atoms with E-state index >= 15 is 0 Å². The summed E-state index contributed by atoms with van der Waals surface area (Å²) < 4.78 is 0. The van der Waals surface area contributed by atoms with Crippen LogP contribution in [0.2, 0.25) is 0 Å². The van der Waals surface area contributed by atoms with Crippen LogP contribution in [0.25, 0.3) is 0 Å². The Morgan fingerprint density at radius 1 is 0.500 bits per heavy atom. The smallest absolute Gasteiger partial charge is 0.0319 e. The van der Waals surface area contributed by atoms with Gasteiger partial charge < -0.3 is 25.1 Å². The van der Waals surface area contributed by atoms with Gasteiger partial charge in [0.25, 0.3) is 0 Å². The zero-order valence-electron chi connectivity index (χ0n) is 12.4. The van der Waals surface area contributed by atoms with Gasteiger partial charge in [-0.1, -0.05) is 0 Å². The zero-order chi connectivity index (χ0) is 11.2. The molecule has 0 unspecified atom stereocenters. The number of hydrogen-bond acceptors (Lipinski definition) is 2. The Morgan fingerprint density at radius 3 is 0.500 bits per heavy atom. The molecule has 0 fully saturated rings. The van der Waals surface area contributed by atoms with E-state index < -0.39 is 0 Å². The number of aliphatic hydroxyl groups excluding tert-OH is 2. The van der Waals surface area contributed by atoms with Crippen LogP contribution in [0.3, 0.4) is 0 Å². The van der Waals surface area contributed by atoms with Crippen molar-refractivity contribution in [3.05, 3.63) is 14.9 Å². The van der Waals surface area contributed by atoms with Crippen LogP contribution in [0.1, 0.15) is 0 Å². The summed E-state index contributed by atoms with van der Waals surface area (Å²) in [6.07, 6.45) is 0. The SMILES string of the molecule is CO.CO.CP(C)C.CP(C)C.[CH3-].[CH3-].[Ni].[Ni]. The van der Waals surface area contributed by atoms with Crippen LogP contribution < -0.4 is 0 Å². The Morgan fingerprint density at radius 2 is 0.500 bits per heavy atom. The third-order valence-electron chi connectivity index (χ3n) is 0. The van der Waals surface area contributed by atoms with Crippen molar-refractivity contribution in [3.8, 4) is 0 Å². The monoisotopic (exact) mass is 362 g/mol. The van der Waals surface area contributed by atoms with Gasteiger partial charge in [-0.15, -0.1) is 15.8 Å². The Hall–Kier alpha value is 1.77. The van der Waals surface area contributed by atoms with Crippen molar-refractivity contribution in [1.82, 2.24) is 0 Å². The molecule has 0 aliphatic rings. The first-order valence-corrected chi connectivity index (χ1v) is 8.94. The van der Waals surface area contributed by atoms with Crippen molar-refractivity contribution in [2.45, 2.75) is 0 Å². The van der Waals surface area contributed by atoms with Crippen molar-refractivity contribution < 1.29 is 43.2 Å². The molecule has 2 nitrogen and oxygen atoms in total. The second-order valence-electron chi connectivity index (χ2n) is 2.68. The van der Waals surface area contributed by atoms with E-state index in [9.17, 15) is 0 Å². The van der Waals surface area contributed by atoms with Gasteiger partial charge >= 0.3 is 0 Å². The molecule has 0 saturated carbocycles. The standard InChI is InChI=1S/2C3H9P.2CH4O.2CH3.2Ni/c2*1-4(2)3;2*1-2;;;;/h2*1-3H3;2*2H,1H3;2*1H3;;/q;;;;2*-1;;. The minimum absolute atomic E-state index is 0. The van der Waals surface area contributed by atoms with E-state index in [1.165, 1.54) is 0 Å². The molecule has 0 aromatic rings. The molecule has 6 heteroatoms. The Balaban J connectivity index is -0.00000000857. The largest absolute Gasteiger partial charge is 0.400 e. The third kappa shape index (κ3) is 1100. The van der Waals surface area contributed by atoms with Crippen molar-refractivity contribution in [2.75, 3.05) is 54.2 Å². The van der Waals surface area contributed by atoms with Gasteiger partial charge in [0, 0.05) is 47.2 Å². The topological polar surface area (TPSA) is 40.5 Å². The minimum Gasteiger partial charge on any atom is -0.400 e. The fraction of sp³-hybridized carbons (Fsp3) is 0.800. The van der Waals surface area contributed by atoms with Gasteiger partial charge in [-0.05, 0) is 40.0 Å². The summed E-state index contributed by atoms with van der Waals surface area (Å²) in [4.78, 5) is 0. The number of rotatable bonds is 0. The van der Waals surface area contributed by atoms with Gasteiger partial charge in [0.2, 0.25) is 0 Å². The van der Waals surface area contributed by atoms with Crippen LogP contribution in [0.5, 0.6) is 0 Å². The molecule has 0 rings (SSSR count). The average molecular weight is 364 g/mol. The van der Waals surface area contributed by atoms with Gasteiger partial charge in [0.1, 0.15) is 0 Å². The molecule has 2 N–H and O–H groups in total. The number of hydrogen-bond donors (Lipinski definition) is 2. The quantitative estimate of drug-likeness (QED) is 0.395. The van der Waals surface area contributed by atoms with Gasteiger partial charge in [-0.3, -0.25) is 0 Å². The van der Waals surface area contributed by atoms with E-state index in [-0.39, 0.29) is 47.8 Å². The Labute approximate surface area is 128 Å². The van der Waals surface area contributed by atoms with Crippen molar-refractivity contribution in [2.24, 2.45) is 0 Å². The molecule has 0 saturated heterocycles. The molecule has 116 valence electrons. The normalized spacial score (nSPS) is 5.25. The summed E-state index contributed by atoms with van der Waals surface area (Å²) in [7, 11) is 2.76. The molecule has 0 heterocycles. The molecule has 0 radical (unpaired) electrons. The van der Waals surface area contributed by atoms with Crippen LogP contribution in [-0.4, -0.2) is 64.4 Å². The predicted octanol–water partition coefficient (Wildman–Crippen LogP) is 2.83. The van der Waals surface area contributed by atoms with Gasteiger partial charge in [-0.25, -0.2) is 0 Å². The Bertz CT molecular complexity index is 40.3. The van der Waals surface area contributed by atoms with Crippen molar-refractivity contribution in [3.63, 3.8) is 0 Å². The predicted molar refractivity (Wildman–Crippen MR) is 78.5 cm³/mol. The first-order valence-electron chi connectivity index (χ1n) is 3.58. The van der Waals surface area contributed by atoms with Crippen LogP contribution >= 0.6 is 15.8 Å². The molecule has 0 bridgehead atoms. The Kier molecular flexibility index (Phi) is 226. The first-order chi connectivity index (χ1) is 5.46. The van der Waals surface area contributed by atoms with Crippen LogP contribution in [0, 0.1) is 14.9 Å². The molecular formula is C10H32Ni2O2P2-2. The van der Waals surface area contributed by atoms with Gasteiger partial charge in [0.05, 0.1) is 0 Å². The van der Waals surface area contributed by atoms with Crippen LogP contribution in [-0.2, 0) is 33.0 Å². The second kappa shape index (κ2) is 69.1. The summed E-state index contributed by atoms with van der Waals surface area (Å²) in [6.45, 7) is 13.4. The van der Waals surface area contributed by atoms with E-state index in [0.717, 1.165) is 14.2 Å². The fourth-order valence-electron chi connectivity index (χ4n) is 0. The molecule has 0 spiro atoms. The van der Waals surface area contributed by atoms with Crippen LogP contribution in [0.4, 0.5) is 0 Å². The summed E-state index contributed by atoms with van der Waals surface area (Å²) in [5.41, 5.74) is 0. The molecular weight excluding hydrogens is 331 g/mol. The third-order valence-corrected chi connectivity index (χ3v) is 0. The van der Waals surface area contributed by atoms with Gasteiger partial charge in [0.15, 0.2) is 0 Å². The van der Waals surface area contributed by atoms with E-state index in [0.29, 0.717) is 15.8 Å². The summed E-state index contributed by atoms with van der Waals surface area (Å²) in [5, 5.41) is 14.0. The maximum absolute atomic E-state index is 7.00. The maximum atomic E-state index is 7.00. The summed E-state index contributed by atoms with van der Waals surface area (Å²) >= 11 is 0. The summed E-state index contributed by atoms with van der Waals surface area (Å²) in [5.74, 6) is 0. The minimum atomic E-state index is 0. The molecule has 0 aliphatic carbocycles. The van der Waals surface area contributed by atoms with Crippen LogP contribution in [0.15, 0.2) is 0 Å². The first kappa shape index (κ1) is 52.4. The summed E-state index contributed by atoms with van der Waals surface area (Å²) in [6, 6.07) is 0. The van der Waals surface area contributed by atoms with E-state index in [1.54, 1.807) is 0 Å². The average Bonchev–Trinajstić information content (AvgIpc) is 1.93. The van der Waals surface area contributed by atoms with E-state index in [4.69, 9.17) is 10.2 Å². The van der Waals surface area contributed by atoms with Gasteiger partial charge in [-0.2, -0.15) is 0 Å². The maximum Gasteiger partial charge on any atom is 0.0319 e. The van der Waals surface area contributed by atoms with Crippen molar-refractivity contribution >= 4 is 15.8 Å². The molecule has 0 amide bonds. The molecule has 16 heavy (non-hydrogen) atoms. The second-order valence-corrected chi connectivity index (χ2v) is 8.05. The molecule has 0 aromatic carbocycles. The fourth-order valence-corrected chi connectivity index (χ4v) is 0. The zero-order valence-corrected chi connectivity index (χ0v) is 16.2. The number of aliphatic hydroxyl groups is 2. The molecule has 0 atom stereocenters.